The molecule has 1 saturated heterocycles. The van der Waals surface area contributed by atoms with Crippen LogP contribution in [0, 0.1) is 5.41 Å². The van der Waals surface area contributed by atoms with Crippen molar-refractivity contribution in [2.45, 2.75) is 38.6 Å². The van der Waals surface area contributed by atoms with Crippen LogP contribution in [0.5, 0.6) is 0 Å². The number of nitrogens with zero attached hydrogens (tertiary/aromatic N) is 3. The van der Waals surface area contributed by atoms with Gasteiger partial charge in [0.25, 0.3) is 0 Å². The van der Waals surface area contributed by atoms with Gasteiger partial charge in [0.05, 0.1) is 24.9 Å². The van der Waals surface area contributed by atoms with Crippen LogP contribution in [0.25, 0.3) is 10.2 Å². The summed E-state index contributed by atoms with van der Waals surface area (Å²) in [5, 5.41) is 9.74. The predicted molar refractivity (Wildman–Crippen MR) is 92.0 cm³/mol. The highest BCUT2D eigenvalue weighted by molar-refractivity contribution is 7.18. The molecule has 1 aliphatic carbocycles. The first-order chi connectivity index (χ1) is 11.3. The number of morpholine rings is 1. The lowest BCUT2D eigenvalue weighted by molar-refractivity contribution is 0.0369. The number of rotatable bonds is 4. The van der Waals surface area contributed by atoms with E-state index < -0.39 is 0 Å². The van der Waals surface area contributed by atoms with Gasteiger partial charge >= 0.3 is 0 Å². The summed E-state index contributed by atoms with van der Waals surface area (Å²) in [6.45, 7) is 5.73. The Morgan fingerprint density at radius 2 is 2.00 bits per heavy atom. The second kappa shape index (κ2) is 6.71. The summed E-state index contributed by atoms with van der Waals surface area (Å²) >= 11 is 1.80. The van der Waals surface area contributed by atoms with Crippen molar-refractivity contribution in [3.63, 3.8) is 0 Å². The Labute approximate surface area is 140 Å². The molecule has 0 atom stereocenters. The van der Waals surface area contributed by atoms with Crippen molar-refractivity contribution in [2.24, 2.45) is 0 Å². The minimum atomic E-state index is 0.663. The van der Waals surface area contributed by atoms with Gasteiger partial charge in [0.15, 0.2) is 0 Å². The first kappa shape index (κ1) is 15.3. The van der Waals surface area contributed by atoms with Gasteiger partial charge in [-0.15, -0.1) is 11.3 Å². The summed E-state index contributed by atoms with van der Waals surface area (Å²) in [6, 6.07) is 0. The van der Waals surface area contributed by atoms with Crippen LogP contribution in [0.1, 0.15) is 29.7 Å². The average molecular weight is 332 g/mol. The van der Waals surface area contributed by atoms with E-state index in [-0.39, 0.29) is 0 Å². The number of ether oxygens (including phenoxy) is 1. The molecule has 0 saturated carbocycles. The molecule has 1 aliphatic heterocycles. The van der Waals surface area contributed by atoms with Crippen LogP contribution in [0.2, 0.25) is 0 Å². The highest BCUT2D eigenvalue weighted by atomic mass is 32.1. The molecule has 5 nitrogen and oxygen atoms in total. The molecule has 0 unspecified atom stereocenters. The van der Waals surface area contributed by atoms with Crippen molar-refractivity contribution in [2.75, 3.05) is 32.8 Å². The lowest BCUT2D eigenvalue weighted by atomic mass is 9.97. The van der Waals surface area contributed by atoms with Gasteiger partial charge in [-0.05, 0) is 37.7 Å². The van der Waals surface area contributed by atoms with Gasteiger partial charge in [0, 0.05) is 31.1 Å². The standard InChI is InChI=1S/C17H24N4OS/c18-16-15-13-4-1-2-5-14(13)23-17(15)19-12-21(16)7-3-6-20-8-10-22-11-9-20/h12,18H,1-11H2. The smallest absolute Gasteiger partial charge is 0.136 e. The van der Waals surface area contributed by atoms with Crippen LogP contribution in [-0.2, 0) is 24.1 Å². The number of fused-ring (bicyclic) bond motifs is 3. The fraction of sp³-hybridized carbons (Fsp3) is 0.647. The first-order valence-corrected chi connectivity index (χ1v) is 9.49. The molecule has 2 aromatic rings. The fourth-order valence-electron chi connectivity index (χ4n) is 3.67. The summed E-state index contributed by atoms with van der Waals surface area (Å²) in [4.78, 5) is 9.62. The van der Waals surface area contributed by atoms with E-state index in [1.807, 2.05) is 10.9 Å². The van der Waals surface area contributed by atoms with Crippen LogP contribution in [0.4, 0.5) is 0 Å². The molecule has 2 aliphatic rings. The SMILES string of the molecule is N=c1c2c3c(sc2ncn1CCCN1CCOCC1)CCCC3. The van der Waals surface area contributed by atoms with Gasteiger partial charge in [-0.3, -0.25) is 10.3 Å². The molecule has 1 N–H and O–H groups in total. The van der Waals surface area contributed by atoms with Crippen molar-refractivity contribution in [3.05, 3.63) is 22.3 Å². The number of nitrogens with one attached hydrogen (secondary N) is 1. The lowest BCUT2D eigenvalue weighted by Crippen LogP contribution is -2.37. The Hall–Kier alpha value is -1.24. The first-order valence-electron chi connectivity index (χ1n) is 8.67. The highest BCUT2D eigenvalue weighted by Crippen LogP contribution is 2.33. The van der Waals surface area contributed by atoms with Crippen molar-refractivity contribution in [1.82, 2.24) is 14.5 Å². The third kappa shape index (κ3) is 3.07. The van der Waals surface area contributed by atoms with Crippen molar-refractivity contribution in [3.8, 4) is 0 Å². The van der Waals surface area contributed by atoms with Crippen molar-refractivity contribution in [1.29, 1.82) is 5.41 Å². The van der Waals surface area contributed by atoms with E-state index in [2.05, 4.69) is 9.88 Å². The third-order valence-electron chi connectivity index (χ3n) is 4.97. The monoisotopic (exact) mass is 332 g/mol. The molecule has 6 heteroatoms. The molecule has 4 rings (SSSR count). The summed E-state index contributed by atoms with van der Waals surface area (Å²) in [6.07, 6.45) is 7.77. The zero-order valence-corrected chi connectivity index (χ0v) is 14.3. The van der Waals surface area contributed by atoms with E-state index in [9.17, 15) is 0 Å². The molecule has 0 aromatic carbocycles. The topological polar surface area (TPSA) is 54.1 Å². The Bertz CT molecular complexity index is 745. The minimum absolute atomic E-state index is 0.663. The lowest BCUT2D eigenvalue weighted by Gasteiger charge is -2.26. The number of aromatic nitrogens is 2. The molecule has 1 fully saturated rings. The average Bonchev–Trinajstić information content (AvgIpc) is 2.97. The van der Waals surface area contributed by atoms with E-state index in [1.165, 1.54) is 29.7 Å². The maximum atomic E-state index is 8.62. The summed E-state index contributed by atoms with van der Waals surface area (Å²) in [5.41, 5.74) is 2.08. The van der Waals surface area contributed by atoms with Crippen molar-refractivity contribution < 1.29 is 4.74 Å². The predicted octanol–water partition coefficient (Wildman–Crippen LogP) is 2.18. The van der Waals surface area contributed by atoms with Gasteiger partial charge in [0.1, 0.15) is 10.3 Å². The number of aryl methyl sites for hydroxylation is 3. The van der Waals surface area contributed by atoms with E-state index in [0.717, 1.165) is 62.5 Å². The number of hydrogen-bond acceptors (Lipinski definition) is 5. The summed E-state index contributed by atoms with van der Waals surface area (Å²) < 4.78 is 7.42. The molecule has 124 valence electrons. The quantitative estimate of drug-likeness (QED) is 0.934. The fourth-order valence-corrected chi connectivity index (χ4v) is 4.90. The Balaban J connectivity index is 1.51. The maximum Gasteiger partial charge on any atom is 0.136 e. The van der Waals surface area contributed by atoms with Crippen LogP contribution in [-0.4, -0.2) is 47.3 Å². The Morgan fingerprint density at radius 3 is 2.87 bits per heavy atom. The zero-order chi connectivity index (χ0) is 15.6. The largest absolute Gasteiger partial charge is 0.379 e. The van der Waals surface area contributed by atoms with Gasteiger partial charge < -0.3 is 9.30 Å². The molecule has 0 bridgehead atoms. The van der Waals surface area contributed by atoms with Gasteiger partial charge in [0.2, 0.25) is 0 Å². The van der Waals surface area contributed by atoms with Crippen LogP contribution < -0.4 is 5.49 Å². The van der Waals surface area contributed by atoms with E-state index >= 15 is 0 Å². The molecule has 2 aromatic heterocycles. The highest BCUT2D eigenvalue weighted by Gasteiger charge is 2.18. The molecule has 0 amide bonds. The molecule has 23 heavy (non-hydrogen) atoms. The zero-order valence-electron chi connectivity index (χ0n) is 13.5. The van der Waals surface area contributed by atoms with E-state index in [0.29, 0.717) is 5.49 Å². The molecule has 0 spiro atoms. The third-order valence-corrected chi connectivity index (χ3v) is 6.17. The van der Waals surface area contributed by atoms with Gasteiger partial charge in [-0.2, -0.15) is 0 Å². The summed E-state index contributed by atoms with van der Waals surface area (Å²) in [7, 11) is 0. The van der Waals surface area contributed by atoms with Gasteiger partial charge in [-0.25, -0.2) is 4.98 Å². The molecular weight excluding hydrogens is 308 g/mol. The van der Waals surface area contributed by atoms with Gasteiger partial charge in [-0.1, -0.05) is 0 Å². The van der Waals surface area contributed by atoms with E-state index in [4.69, 9.17) is 10.1 Å². The number of hydrogen-bond donors (Lipinski definition) is 1. The molecule has 0 radical (unpaired) electrons. The normalized spacial score (nSPS) is 19.1. The summed E-state index contributed by atoms with van der Waals surface area (Å²) in [5.74, 6) is 0. The molecule has 3 heterocycles. The second-order valence-corrected chi connectivity index (χ2v) is 7.57. The Morgan fingerprint density at radius 1 is 1.17 bits per heavy atom. The van der Waals surface area contributed by atoms with Crippen LogP contribution >= 0.6 is 11.3 Å². The minimum Gasteiger partial charge on any atom is -0.379 e. The van der Waals surface area contributed by atoms with Crippen LogP contribution in [0.15, 0.2) is 6.33 Å². The second-order valence-electron chi connectivity index (χ2n) is 6.49. The Kier molecular flexibility index (Phi) is 4.46. The molecular formula is C17H24N4OS. The van der Waals surface area contributed by atoms with Crippen LogP contribution in [0.3, 0.4) is 0 Å². The maximum absolute atomic E-state index is 8.62. The van der Waals surface area contributed by atoms with Crippen molar-refractivity contribution >= 4 is 21.6 Å². The van der Waals surface area contributed by atoms with E-state index in [1.54, 1.807) is 11.3 Å². The number of thiophene rings is 1.